The number of benzene rings is 1. The van der Waals surface area contributed by atoms with Gasteiger partial charge in [-0.15, -0.1) is 0 Å². The van der Waals surface area contributed by atoms with Gasteiger partial charge < -0.3 is 14.8 Å². The monoisotopic (exact) mass is 362 g/mol. The van der Waals surface area contributed by atoms with Crippen molar-refractivity contribution in [1.29, 1.82) is 0 Å². The van der Waals surface area contributed by atoms with Crippen LogP contribution in [0.4, 0.5) is 0 Å². The number of methoxy groups -OCH3 is 1. The van der Waals surface area contributed by atoms with Gasteiger partial charge in [-0.3, -0.25) is 9.59 Å². The van der Waals surface area contributed by atoms with E-state index in [1.165, 1.54) is 6.92 Å². The fraction of sp³-hybridized carbons (Fsp3) is 0.278. The minimum absolute atomic E-state index is 0.0208. The Balaban J connectivity index is 1.98. The highest BCUT2D eigenvalue weighted by Crippen LogP contribution is 2.21. The highest BCUT2D eigenvalue weighted by atomic mass is 35.5. The van der Waals surface area contributed by atoms with E-state index in [4.69, 9.17) is 21.1 Å². The summed E-state index contributed by atoms with van der Waals surface area (Å²) in [5, 5.41) is 3.14. The van der Waals surface area contributed by atoms with Crippen LogP contribution in [0.15, 0.2) is 42.6 Å². The molecule has 0 bridgehead atoms. The minimum atomic E-state index is -0.473. The summed E-state index contributed by atoms with van der Waals surface area (Å²) in [6, 6.07) is 10.0. The van der Waals surface area contributed by atoms with Crippen LogP contribution in [-0.2, 0) is 20.9 Å². The summed E-state index contributed by atoms with van der Waals surface area (Å²) in [6.45, 7) is 1.50. The van der Waals surface area contributed by atoms with Crippen LogP contribution < -0.4 is 10.1 Å². The quantitative estimate of drug-likeness (QED) is 0.605. The molecule has 0 saturated carbocycles. The first-order valence-electron chi connectivity index (χ1n) is 7.65. The molecule has 1 amide bonds. The molecule has 0 aliphatic carbocycles. The standard InChI is InChI=1S/C18H19ClN2O4/c1-12(22)21-16(14-4-6-15(24-2)7-5-14)9-18(23)25-11-13-3-8-17(19)20-10-13/h3-8,10,16H,9,11H2,1-2H3,(H,21,22). The molecule has 0 radical (unpaired) electrons. The second kappa shape index (κ2) is 9.03. The Hall–Kier alpha value is -2.60. The zero-order valence-electron chi connectivity index (χ0n) is 14.0. The lowest BCUT2D eigenvalue weighted by molar-refractivity contribution is -0.145. The molecule has 2 aromatic rings. The lowest BCUT2D eigenvalue weighted by Crippen LogP contribution is -2.28. The van der Waals surface area contributed by atoms with Gasteiger partial charge in [0.2, 0.25) is 5.91 Å². The number of carbonyl (C=O) groups is 2. The molecule has 0 fully saturated rings. The van der Waals surface area contributed by atoms with E-state index in [0.29, 0.717) is 10.9 Å². The lowest BCUT2D eigenvalue weighted by Gasteiger charge is -2.18. The third kappa shape index (κ3) is 6.08. The fourth-order valence-corrected chi connectivity index (χ4v) is 2.33. The van der Waals surface area contributed by atoms with E-state index < -0.39 is 12.0 Å². The molecule has 0 saturated heterocycles. The van der Waals surface area contributed by atoms with Crippen LogP contribution in [0.2, 0.25) is 5.15 Å². The number of aromatic nitrogens is 1. The Labute approximate surface area is 151 Å². The van der Waals surface area contributed by atoms with Crippen molar-refractivity contribution in [3.05, 3.63) is 58.9 Å². The summed E-state index contributed by atoms with van der Waals surface area (Å²) in [5.41, 5.74) is 1.53. The van der Waals surface area contributed by atoms with E-state index in [-0.39, 0.29) is 18.9 Å². The Morgan fingerprint density at radius 1 is 1.20 bits per heavy atom. The molecule has 1 aromatic heterocycles. The van der Waals surface area contributed by atoms with Crippen molar-refractivity contribution < 1.29 is 19.1 Å². The van der Waals surface area contributed by atoms with Gasteiger partial charge >= 0.3 is 5.97 Å². The number of amides is 1. The zero-order valence-corrected chi connectivity index (χ0v) is 14.7. The van der Waals surface area contributed by atoms with Gasteiger partial charge in [-0.25, -0.2) is 4.98 Å². The average molecular weight is 363 g/mol. The first-order chi connectivity index (χ1) is 12.0. The van der Waals surface area contributed by atoms with Crippen molar-refractivity contribution in [3.8, 4) is 5.75 Å². The summed E-state index contributed by atoms with van der Waals surface area (Å²) in [7, 11) is 1.57. The number of esters is 1. The number of nitrogens with one attached hydrogen (secondary N) is 1. The number of pyridine rings is 1. The molecule has 6 nitrogen and oxygen atoms in total. The molecule has 1 aromatic carbocycles. The van der Waals surface area contributed by atoms with Crippen LogP contribution in [-0.4, -0.2) is 24.0 Å². The van der Waals surface area contributed by atoms with E-state index in [1.807, 2.05) is 0 Å². The van der Waals surface area contributed by atoms with Gasteiger partial charge in [0.25, 0.3) is 0 Å². The zero-order chi connectivity index (χ0) is 18.2. The Bertz CT molecular complexity index is 717. The lowest BCUT2D eigenvalue weighted by atomic mass is 10.0. The van der Waals surface area contributed by atoms with Gasteiger partial charge in [0.1, 0.15) is 17.5 Å². The smallest absolute Gasteiger partial charge is 0.308 e. The Kier molecular flexibility index (Phi) is 6.77. The number of hydrogen-bond acceptors (Lipinski definition) is 5. The van der Waals surface area contributed by atoms with Crippen LogP contribution in [0, 0.1) is 0 Å². The van der Waals surface area contributed by atoms with E-state index in [2.05, 4.69) is 10.3 Å². The molecular formula is C18H19ClN2O4. The predicted octanol–water partition coefficient (Wildman–Crippen LogP) is 3.05. The highest BCUT2D eigenvalue weighted by Gasteiger charge is 2.18. The molecule has 0 aliphatic heterocycles. The van der Waals surface area contributed by atoms with E-state index in [1.54, 1.807) is 49.7 Å². The Morgan fingerprint density at radius 3 is 2.48 bits per heavy atom. The van der Waals surface area contributed by atoms with Gasteiger partial charge in [-0.2, -0.15) is 0 Å². The summed E-state index contributed by atoms with van der Waals surface area (Å²) >= 11 is 5.71. The Morgan fingerprint density at radius 2 is 1.92 bits per heavy atom. The minimum Gasteiger partial charge on any atom is -0.497 e. The molecule has 0 aliphatic rings. The van der Waals surface area contributed by atoms with Crippen molar-refractivity contribution in [2.45, 2.75) is 26.0 Å². The molecule has 1 unspecified atom stereocenters. The molecule has 132 valence electrons. The van der Waals surface area contributed by atoms with Crippen LogP contribution in [0.25, 0.3) is 0 Å². The molecule has 1 N–H and O–H groups in total. The number of carbonyl (C=O) groups excluding carboxylic acids is 2. The third-order valence-electron chi connectivity index (χ3n) is 3.45. The van der Waals surface area contributed by atoms with Crippen molar-refractivity contribution in [2.75, 3.05) is 7.11 Å². The maximum atomic E-state index is 12.1. The average Bonchev–Trinajstić information content (AvgIpc) is 2.60. The largest absolute Gasteiger partial charge is 0.497 e. The first-order valence-corrected chi connectivity index (χ1v) is 8.03. The second-order valence-corrected chi connectivity index (χ2v) is 5.77. The molecule has 7 heteroatoms. The molecule has 2 rings (SSSR count). The number of halogens is 1. The summed E-state index contributed by atoms with van der Waals surface area (Å²) < 4.78 is 10.4. The molecular weight excluding hydrogens is 344 g/mol. The maximum absolute atomic E-state index is 12.1. The van der Waals surface area contributed by atoms with Crippen LogP contribution >= 0.6 is 11.6 Å². The third-order valence-corrected chi connectivity index (χ3v) is 3.68. The van der Waals surface area contributed by atoms with Crippen LogP contribution in [0.5, 0.6) is 5.75 Å². The maximum Gasteiger partial charge on any atom is 0.308 e. The SMILES string of the molecule is COc1ccc(C(CC(=O)OCc2ccc(Cl)nc2)NC(C)=O)cc1. The van der Waals surface area contributed by atoms with Gasteiger partial charge in [0.15, 0.2) is 0 Å². The van der Waals surface area contributed by atoms with Crippen molar-refractivity contribution >= 4 is 23.5 Å². The fourth-order valence-electron chi connectivity index (χ4n) is 2.22. The second-order valence-electron chi connectivity index (χ2n) is 5.38. The summed E-state index contributed by atoms with van der Waals surface area (Å²) in [6.07, 6.45) is 1.57. The molecule has 0 spiro atoms. The van der Waals surface area contributed by atoms with Gasteiger partial charge in [0, 0.05) is 18.7 Å². The van der Waals surface area contributed by atoms with Gasteiger partial charge in [0.05, 0.1) is 19.6 Å². The van der Waals surface area contributed by atoms with E-state index in [0.717, 1.165) is 11.1 Å². The van der Waals surface area contributed by atoms with Gasteiger partial charge in [-0.05, 0) is 23.8 Å². The van der Waals surface area contributed by atoms with Crippen molar-refractivity contribution in [2.24, 2.45) is 0 Å². The predicted molar refractivity (Wildman–Crippen MR) is 93.2 cm³/mol. The van der Waals surface area contributed by atoms with E-state index >= 15 is 0 Å². The van der Waals surface area contributed by atoms with Crippen molar-refractivity contribution in [3.63, 3.8) is 0 Å². The number of hydrogen-bond donors (Lipinski definition) is 1. The number of rotatable bonds is 7. The first kappa shape index (κ1) is 18.7. The normalized spacial score (nSPS) is 11.5. The summed E-state index contributed by atoms with van der Waals surface area (Å²) in [5.74, 6) is 0.0446. The summed E-state index contributed by atoms with van der Waals surface area (Å²) in [4.78, 5) is 27.5. The van der Waals surface area contributed by atoms with Crippen LogP contribution in [0.1, 0.15) is 30.5 Å². The van der Waals surface area contributed by atoms with E-state index in [9.17, 15) is 9.59 Å². The molecule has 1 heterocycles. The highest BCUT2D eigenvalue weighted by molar-refractivity contribution is 6.29. The number of nitrogens with zero attached hydrogens (tertiary/aromatic N) is 1. The topological polar surface area (TPSA) is 77.5 Å². The van der Waals surface area contributed by atoms with Crippen molar-refractivity contribution in [1.82, 2.24) is 10.3 Å². The molecule has 1 atom stereocenters. The van der Waals surface area contributed by atoms with Crippen LogP contribution in [0.3, 0.4) is 0 Å². The molecule has 25 heavy (non-hydrogen) atoms. The van der Waals surface area contributed by atoms with Gasteiger partial charge in [-0.1, -0.05) is 29.8 Å². The number of ether oxygens (including phenoxy) is 2.